The van der Waals surface area contributed by atoms with Gasteiger partial charge in [-0.1, -0.05) is 0 Å². The van der Waals surface area contributed by atoms with Crippen LogP contribution in [0.15, 0.2) is 0 Å². The predicted molar refractivity (Wildman–Crippen MR) is 45.0 cm³/mol. The van der Waals surface area contributed by atoms with Crippen LogP contribution < -0.4 is 4.72 Å². The van der Waals surface area contributed by atoms with Crippen molar-refractivity contribution < 1.29 is 18.3 Å². The Morgan fingerprint density at radius 1 is 1.15 bits per heavy atom. The minimum absolute atomic E-state index is 0.116. The molecule has 2 N–H and O–H groups in total. The van der Waals surface area contributed by atoms with Crippen LogP contribution in [-0.4, -0.2) is 22.8 Å². The Kier molecular flexibility index (Phi) is 3.87. The van der Waals surface area contributed by atoms with Crippen LogP contribution in [0.25, 0.3) is 0 Å². The number of alkyl halides is 3. The van der Waals surface area contributed by atoms with E-state index in [2.05, 4.69) is 4.72 Å². The summed E-state index contributed by atoms with van der Waals surface area (Å²) in [5, 5.41) is 9.10. The lowest BCUT2D eigenvalue weighted by Crippen LogP contribution is -2.32. The van der Waals surface area contributed by atoms with Crippen LogP contribution in [0.3, 0.4) is 0 Å². The molecule has 6 heteroatoms. The fraction of sp³-hybridized carbons (Fsp3) is 1.00. The van der Waals surface area contributed by atoms with Gasteiger partial charge in [0.2, 0.25) is 0 Å². The number of nitrogens with one attached hydrogen (secondary N) is 1. The highest BCUT2D eigenvalue weighted by molar-refractivity contribution is 7.98. The van der Waals surface area contributed by atoms with Gasteiger partial charge < -0.3 is 5.11 Å². The molecule has 13 heavy (non-hydrogen) atoms. The summed E-state index contributed by atoms with van der Waals surface area (Å²) in [5.74, 6) is 0. The summed E-state index contributed by atoms with van der Waals surface area (Å²) in [5.41, 5.74) is -4.21. The molecule has 0 saturated heterocycles. The molecule has 0 aromatic heterocycles. The van der Waals surface area contributed by atoms with Gasteiger partial charge in [0.05, 0.1) is 6.10 Å². The van der Waals surface area contributed by atoms with E-state index in [0.717, 1.165) is 0 Å². The van der Waals surface area contributed by atoms with Gasteiger partial charge in [-0.05, 0) is 25.7 Å². The van der Waals surface area contributed by atoms with Gasteiger partial charge in [-0.3, -0.25) is 4.72 Å². The summed E-state index contributed by atoms with van der Waals surface area (Å²) in [6.45, 7) is 0. The zero-order valence-corrected chi connectivity index (χ0v) is 7.79. The molecule has 0 atom stereocenters. The first kappa shape index (κ1) is 11.1. The minimum Gasteiger partial charge on any atom is -0.393 e. The maximum Gasteiger partial charge on any atom is 0.456 e. The van der Waals surface area contributed by atoms with Gasteiger partial charge in [-0.15, -0.1) is 0 Å². The number of aliphatic hydroxyl groups is 1. The van der Waals surface area contributed by atoms with Crippen molar-refractivity contribution >= 4 is 11.9 Å². The van der Waals surface area contributed by atoms with Crippen LogP contribution in [0.1, 0.15) is 25.7 Å². The minimum atomic E-state index is -4.21. The van der Waals surface area contributed by atoms with E-state index in [1.165, 1.54) is 0 Å². The molecule has 1 rings (SSSR count). The normalized spacial score (nSPS) is 30.5. The van der Waals surface area contributed by atoms with E-state index in [9.17, 15) is 13.2 Å². The lowest BCUT2D eigenvalue weighted by molar-refractivity contribution is -0.0339. The smallest absolute Gasteiger partial charge is 0.393 e. The molecular formula is C7H12F3NOS. The number of hydrogen-bond acceptors (Lipinski definition) is 3. The fourth-order valence-corrected chi connectivity index (χ4v) is 1.88. The second-order valence-electron chi connectivity index (χ2n) is 3.17. The van der Waals surface area contributed by atoms with E-state index in [-0.39, 0.29) is 24.1 Å². The Balaban J connectivity index is 2.16. The third kappa shape index (κ3) is 4.73. The van der Waals surface area contributed by atoms with Crippen molar-refractivity contribution in [3.63, 3.8) is 0 Å². The van der Waals surface area contributed by atoms with E-state index in [1.54, 1.807) is 0 Å². The van der Waals surface area contributed by atoms with Crippen molar-refractivity contribution in [1.29, 1.82) is 0 Å². The van der Waals surface area contributed by atoms with E-state index in [0.29, 0.717) is 25.7 Å². The maximum atomic E-state index is 11.7. The summed E-state index contributed by atoms with van der Waals surface area (Å²) >= 11 is -0.190. The van der Waals surface area contributed by atoms with E-state index >= 15 is 0 Å². The molecule has 0 amide bonds. The largest absolute Gasteiger partial charge is 0.456 e. The lowest BCUT2D eigenvalue weighted by atomic mass is 9.94. The molecular weight excluding hydrogens is 203 g/mol. The Bertz CT molecular complexity index is 156. The summed E-state index contributed by atoms with van der Waals surface area (Å²) in [6.07, 6.45) is 2.09. The highest BCUT2D eigenvalue weighted by Crippen LogP contribution is 2.30. The molecule has 1 aliphatic carbocycles. The van der Waals surface area contributed by atoms with Crippen molar-refractivity contribution in [2.24, 2.45) is 0 Å². The summed E-state index contributed by atoms with van der Waals surface area (Å²) in [4.78, 5) is 0. The Morgan fingerprint density at radius 2 is 1.69 bits per heavy atom. The molecule has 0 heterocycles. The molecule has 1 fully saturated rings. The van der Waals surface area contributed by atoms with Crippen LogP contribution in [0.5, 0.6) is 0 Å². The predicted octanol–water partition coefficient (Wildman–Crippen LogP) is 2.05. The summed E-state index contributed by atoms with van der Waals surface area (Å²) in [6, 6.07) is -0.116. The first-order valence-electron chi connectivity index (χ1n) is 4.16. The molecule has 0 aliphatic heterocycles. The average molecular weight is 215 g/mol. The van der Waals surface area contributed by atoms with Crippen molar-refractivity contribution in [1.82, 2.24) is 4.72 Å². The van der Waals surface area contributed by atoms with Crippen LogP contribution in [0.4, 0.5) is 13.2 Å². The molecule has 0 aromatic rings. The molecule has 0 radical (unpaired) electrons. The molecule has 0 spiro atoms. The van der Waals surface area contributed by atoms with Gasteiger partial charge in [-0.25, -0.2) is 0 Å². The van der Waals surface area contributed by atoms with E-state index in [4.69, 9.17) is 5.11 Å². The van der Waals surface area contributed by atoms with Crippen LogP contribution >= 0.6 is 11.9 Å². The first-order valence-corrected chi connectivity index (χ1v) is 4.97. The van der Waals surface area contributed by atoms with Crippen molar-refractivity contribution in [3.05, 3.63) is 0 Å². The second-order valence-corrected chi connectivity index (χ2v) is 4.07. The summed E-state index contributed by atoms with van der Waals surface area (Å²) in [7, 11) is 0. The Hall–Kier alpha value is 0.0600. The van der Waals surface area contributed by atoms with E-state index in [1.807, 2.05) is 0 Å². The van der Waals surface area contributed by atoms with Gasteiger partial charge >= 0.3 is 5.51 Å². The average Bonchev–Trinajstić information content (AvgIpc) is 2.02. The zero-order chi connectivity index (χ0) is 9.90. The standard InChI is InChI=1S/C7H12F3NOS/c8-7(9,10)13-11-5-1-3-6(12)4-2-5/h5-6,11-12H,1-4H2. The molecule has 78 valence electrons. The van der Waals surface area contributed by atoms with Gasteiger partial charge in [0.1, 0.15) is 0 Å². The number of halogens is 3. The Labute approximate surface area is 79.0 Å². The lowest BCUT2D eigenvalue weighted by Gasteiger charge is -2.25. The maximum absolute atomic E-state index is 11.7. The van der Waals surface area contributed by atoms with Crippen LogP contribution in [0.2, 0.25) is 0 Å². The topological polar surface area (TPSA) is 32.3 Å². The van der Waals surface area contributed by atoms with Gasteiger partial charge in [0.15, 0.2) is 0 Å². The molecule has 0 unspecified atom stereocenters. The highest BCUT2D eigenvalue weighted by Gasteiger charge is 2.30. The Morgan fingerprint density at radius 3 is 2.15 bits per heavy atom. The molecule has 1 aliphatic rings. The monoisotopic (exact) mass is 215 g/mol. The zero-order valence-electron chi connectivity index (χ0n) is 6.97. The second kappa shape index (κ2) is 4.52. The van der Waals surface area contributed by atoms with Gasteiger partial charge in [0, 0.05) is 18.0 Å². The number of aliphatic hydroxyl groups excluding tert-OH is 1. The number of rotatable bonds is 2. The molecule has 0 bridgehead atoms. The first-order chi connectivity index (χ1) is 5.97. The quantitative estimate of drug-likeness (QED) is 0.691. The summed E-state index contributed by atoms with van der Waals surface area (Å²) < 4.78 is 37.6. The molecule has 0 aromatic carbocycles. The van der Waals surface area contributed by atoms with Crippen LogP contribution in [-0.2, 0) is 0 Å². The molecule has 1 saturated carbocycles. The van der Waals surface area contributed by atoms with Crippen LogP contribution in [0, 0.1) is 0 Å². The third-order valence-electron chi connectivity index (χ3n) is 2.04. The fourth-order valence-electron chi connectivity index (χ4n) is 1.34. The molecule has 2 nitrogen and oxygen atoms in total. The SMILES string of the molecule is OC1CCC(NSC(F)(F)F)CC1. The van der Waals surface area contributed by atoms with Crippen molar-refractivity contribution in [2.45, 2.75) is 43.3 Å². The third-order valence-corrected chi connectivity index (χ3v) is 2.72. The van der Waals surface area contributed by atoms with E-state index < -0.39 is 5.51 Å². The number of hydrogen-bond donors (Lipinski definition) is 2. The van der Waals surface area contributed by atoms with Gasteiger partial charge in [-0.2, -0.15) is 13.2 Å². The van der Waals surface area contributed by atoms with Crippen molar-refractivity contribution in [2.75, 3.05) is 0 Å². The van der Waals surface area contributed by atoms with Crippen molar-refractivity contribution in [3.8, 4) is 0 Å². The van der Waals surface area contributed by atoms with Gasteiger partial charge in [0.25, 0.3) is 0 Å². The highest BCUT2D eigenvalue weighted by atomic mass is 32.2.